The van der Waals surface area contributed by atoms with E-state index in [1.54, 1.807) is 6.26 Å². The second kappa shape index (κ2) is 17.0. The Morgan fingerprint density at radius 2 is 1.53 bits per heavy atom. The largest absolute Gasteiger partial charge is 0.508 e. The molecule has 1 aromatic rings. The third-order valence-corrected chi connectivity index (χ3v) is 6.00. The van der Waals surface area contributed by atoms with E-state index in [1.807, 2.05) is 0 Å². The molecule has 4 unspecified atom stereocenters. The van der Waals surface area contributed by atoms with Crippen LogP contribution in [-0.2, 0) is 25.6 Å². The van der Waals surface area contributed by atoms with Crippen LogP contribution in [0.5, 0.6) is 5.75 Å². The molecule has 0 saturated carbocycles. The van der Waals surface area contributed by atoms with Crippen molar-refractivity contribution < 1.29 is 34.5 Å². The summed E-state index contributed by atoms with van der Waals surface area (Å²) in [5.41, 5.74) is 16.9. The number of hydrogen-bond donors (Lipinski definition) is 9. The number of nitrogens with two attached hydrogens (primary N) is 3. The lowest BCUT2D eigenvalue weighted by molar-refractivity contribution is -0.142. The third kappa shape index (κ3) is 12.1. The minimum Gasteiger partial charge on any atom is -0.508 e. The highest BCUT2D eigenvalue weighted by atomic mass is 32.2. The van der Waals surface area contributed by atoms with Gasteiger partial charge in [-0.25, -0.2) is 4.79 Å². The number of carbonyl (C=O) groups excluding carboxylic acids is 3. The molecule has 0 radical (unpaired) electrons. The van der Waals surface area contributed by atoms with Crippen LogP contribution in [0.2, 0.25) is 0 Å². The number of rotatable bonds is 17. The molecule has 0 saturated heterocycles. The van der Waals surface area contributed by atoms with Crippen molar-refractivity contribution in [2.75, 3.05) is 25.2 Å². The van der Waals surface area contributed by atoms with Gasteiger partial charge in [0.2, 0.25) is 17.7 Å². The molecule has 12 N–H and O–H groups in total. The highest BCUT2D eigenvalue weighted by Crippen LogP contribution is 2.12. The summed E-state index contributed by atoms with van der Waals surface area (Å²) < 4.78 is 0. The van der Waals surface area contributed by atoms with E-state index in [0.717, 1.165) is 0 Å². The number of aliphatic carboxylic acids is 1. The molecule has 3 amide bonds. The minimum atomic E-state index is -1.39. The van der Waals surface area contributed by atoms with E-state index in [9.17, 15) is 34.5 Å². The lowest BCUT2D eigenvalue weighted by Gasteiger charge is -2.24. The van der Waals surface area contributed by atoms with E-state index in [4.69, 9.17) is 17.2 Å². The summed E-state index contributed by atoms with van der Waals surface area (Å²) in [5.74, 6) is -3.15. The minimum absolute atomic E-state index is 0.0157. The smallest absolute Gasteiger partial charge is 0.326 e. The number of thioether (sulfide) groups is 1. The van der Waals surface area contributed by atoms with Crippen LogP contribution in [0.25, 0.3) is 0 Å². The van der Waals surface area contributed by atoms with Gasteiger partial charge in [0.15, 0.2) is 5.96 Å². The van der Waals surface area contributed by atoms with Crippen molar-refractivity contribution in [3.05, 3.63) is 29.8 Å². The van der Waals surface area contributed by atoms with Crippen LogP contribution in [0, 0.1) is 0 Å². The number of benzene rings is 1. The van der Waals surface area contributed by atoms with Crippen molar-refractivity contribution in [2.45, 2.75) is 49.9 Å². The molecule has 1 aromatic carbocycles. The van der Waals surface area contributed by atoms with Crippen LogP contribution in [0.3, 0.4) is 0 Å². The molecule has 0 spiro atoms. The summed E-state index contributed by atoms with van der Waals surface area (Å²) in [6.45, 7) is -0.489. The van der Waals surface area contributed by atoms with Gasteiger partial charge in [-0.1, -0.05) is 12.1 Å². The van der Waals surface area contributed by atoms with E-state index < -0.39 is 54.5 Å². The quantitative estimate of drug-likeness (QED) is 0.0556. The van der Waals surface area contributed by atoms with Gasteiger partial charge < -0.3 is 48.5 Å². The van der Waals surface area contributed by atoms with Gasteiger partial charge in [0.25, 0.3) is 0 Å². The maximum Gasteiger partial charge on any atom is 0.326 e. The first kappa shape index (κ1) is 32.5. The topological polar surface area (TPSA) is 255 Å². The zero-order valence-electron chi connectivity index (χ0n) is 21.1. The molecule has 15 heteroatoms. The number of aromatic hydroxyl groups is 1. The average molecular weight is 556 g/mol. The number of phenols is 1. The molecule has 0 heterocycles. The number of nitrogens with zero attached hydrogens (tertiary/aromatic N) is 1. The Bertz CT molecular complexity index is 958. The Labute approximate surface area is 224 Å². The third-order valence-electron chi connectivity index (χ3n) is 5.35. The van der Waals surface area contributed by atoms with Crippen molar-refractivity contribution in [3.63, 3.8) is 0 Å². The van der Waals surface area contributed by atoms with E-state index in [1.165, 1.54) is 36.0 Å². The Kier molecular flexibility index (Phi) is 14.6. The lowest BCUT2D eigenvalue weighted by Crippen LogP contribution is -2.58. The number of carbonyl (C=O) groups is 4. The predicted octanol–water partition coefficient (Wildman–Crippen LogP) is -2.40. The van der Waals surface area contributed by atoms with Crippen LogP contribution in [-0.4, -0.2) is 94.3 Å². The highest BCUT2D eigenvalue weighted by molar-refractivity contribution is 7.98. The summed E-state index contributed by atoms with van der Waals surface area (Å²) in [7, 11) is 0. The van der Waals surface area contributed by atoms with Crippen molar-refractivity contribution in [1.82, 2.24) is 16.0 Å². The van der Waals surface area contributed by atoms with Gasteiger partial charge in [0, 0.05) is 13.0 Å². The molecular weight excluding hydrogens is 518 g/mol. The van der Waals surface area contributed by atoms with E-state index in [2.05, 4.69) is 20.9 Å². The molecule has 0 aliphatic carbocycles. The normalized spacial score (nSPS) is 13.9. The first-order valence-electron chi connectivity index (χ1n) is 11.8. The van der Waals surface area contributed by atoms with Gasteiger partial charge >= 0.3 is 5.97 Å². The maximum atomic E-state index is 12.9. The van der Waals surface area contributed by atoms with Crippen LogP contribution in [0.15, 0.2) is 29.3 Å². The summed E-state index contributed by atoms with van der Waals surface area (Å²) in [6, 6.07) is 1.06. The average Bonchev–Trinajstić information content (AvgIpc) is 2.87. The maximum absolute atomic E-state index is 12.9. The molecule has 0 aliphatic heterocycles. The Balaban J connectivity index is 2.82. The predicted molar refractivity (Wildman–Crippen MR) is 143 cm³/mol. The molecule has 0 aliphatic rings. The number of carboxylic acid groups (broad SMARTS) is 1. The Hall–Kier alpha value is -3.56. The first-order chi connectivity index (χ1) is 18.0. The number of amides is 3. The van der Waals surface area contributed by atoms with E-state index in [-0.39, 0.29) is 37.5 Å². The van der Waals surface area contributed by atoms with Crippen LogP contribution in [0.1, 0.15) is 24.8 Å². The fourth-order valence-corrected chi connectivity index (χ4v) is 3.71. The number of phenolic OH excluding ortho intramolecular Hbond substituents is 1. The zero-order valence-corrected chi connectivity index (χ0v) is 21.9. The SMILES string of the molecule is CSCCC(NC(=O)C(CO)NC(=O)C(N)CCCN=C(N)N)C(=O)NC(Cc1ccc(O)cc1)C(=O)O. The van der Waals surface area contributed by atoms with Crippen LogP contribution >= 0.6 is 11.8 Å². The van der Waals surface area contributed by atoms with Crippen LogP contribution < -0.4 is 33.2 Å². The molecule has 0 fully saturated rings. The first-order valence-corrected chi connectivity index (χ1v) is 13.2. The molecule has 1 rings (SSSR count). The number of guanidine groups is 1. The van der Waals surface area contributed by atoms with Crippen molar-refractivity contribution in [3.8, 4) is 5.75 Å². The van der Waals surface area contributed by atoms with Gasteiger partial charge in [-0.3, -0.25) is 19.4 Å². The molecule has 212 valence electrons. The van der Waals surface area contributed by atoms with Crippen molar-refractivity contribution in [1.29, 1.82) is 0 Å². The van der Waals surface area contributed by atoms with Gasteiger partial charge in [-0.05, 0) is 49.0 Å². The fourth-order valence-electron chi connectivity index (χ4n) is 3.24. The second-order valence-corrected chi connectivity index (χ2v) is 9.40. The summed E-state index contributed by atoms with van der Waals surface area (Å²) in [4.78, 5) is 53.7. The Morgan fingerprint density at radius 1 is 0.947 bits per heavy atom. The van der Waals surface area contributed by atoms with Gasteiger partial charge in [0.05, 0.1) is 12.6 Å². The van der Waals surface area contributed by atoms with Gasteiger partial charge in [-0.2, -0.15) is 11.8 Å². The van der Waals surface area contributed by atoms with E-state index in [0.29, 0.717) is 17.7 Å². The van der Waals surface area contributed by atoms with Crippen LogP contribution in [0.4, 0.5) is 0 Å². The highest BCUT2D eigenvalue weighted by Gasteiger charge is 2.30. The zero-order chi connectivity index (χ0) is 28.7. The number of aliphatic imine (C=N–C) groups is 1. The second-order valence-electron chi connectivity index (χ2n) is 8.41. The summed E-state index contributed by atoms with van der Waals surface area (Å²) >= 11 is 1.41. The molecular formula is C23H37N7O7S. The van der Waals surface area contributed by atoms with Crippen molar-refractivity contribution >= 4 is 41.4 Å². The Morgan fingerprint density at radius 3 is 2.08 bits per heavy atom. The lowest BCUT2D eigenvalue weighted by atomic mass is 10.0. The summed E-state index contributed by atoms with van der Waals surface area (Å²) in [6.07, 6.45) is 2.54. The number of aliphatic hydroxyl groups is 1. The molecule has 0 bridgehead atoms. The number of hydrogen-bond acceptors (Lipinski definition) is 9. The fraction of sp³-hybridized carbons (Fsp3) is 0.522. The number of carboxylic acids is 1. The standard InChI is InChI=1S/C23H37N7O7S/c1-38-10-8-16(20(34)29-17(22(36)37)11-13-4-6-14(32)7-5-13)28-21(35)18(12-31)30-19(33)15(24)3-2-9-27-23(25)26/h4-7,15-18,31-32H,2-3,8-12,24H2,1H3,(H,28,35)(H,29,34)(H,30,33)(H,36,37)(H4,25,26,27). The monoisotopic (exact) mass is 555 g/mol. The van der Waals surface area contributed by atoms with Crippen molar-refractivity contribution in [2.24, 2.45) is 22.2 Å². The van der Waals surface area contributed by atoms with Gasteiger partial charge in [0.1, 0.15) is 23.9 Å². The van der Waals surface area contributed by atoms with Gasteiger partial charge in [-0.15, -0.1) is 0 Å². The number of nitrogens with one attached hydrogen (secondary N) is 3. The molecule has 38 heavy (non-hydrogen) atoms. The summed E-state index contributed by atoms with van der Waals surface area (Å²) in [5, 5.41) is 35.9. The molecule has 4 atom stereocenters. The molecule has 0 aromatic heterocycles. The van der Waals surface area contributed by atoms with E-state index >= 15 is 0 Å². The molecule has 14 nitrogen and oxygen atoms in total. The number of aliphatic hydroxyl groups excluding tert-OH is 1.